The lowest BCUT2D eigenvalue weighted by Gasteiger charge is -1.98. The highest BCUT2D eigenvalue weighted by Gasteiger charge is 2.06. The summed E-state index contributed by atoms with van der Waals surface area (Å²) >= 11 is 4.76. The van der Waals surface area contributed by atoms with E-state index in [2.05, 4.69) is 21.3 Å². The molecular formula is C6H8N4S. The van der Waals surface area contributed by atoms with Gasteiger partial charge in [0.05, 0.1) is 6.07 Å². The minimum Gasteiger partial charge on any atom is -0.285 e. The number of H-pyrrole nitrogens is 2. The zero-order valence-corrected chi connectivity index (χ0v) is 6.90. The van der Waals surface area contributed by atoms with Crippen molar-refractivity contribution in [2.75, 3.05) is 0 Å². The van der Waals surface area contributed by atoms with Gasteiger partial charge in [-0.3, -0.25) is 10.2 Å². The third kappa shape index (κ3) is 1.88. The molecule has 0 saturated heterocycles. The highest BCUT2D eigenvalue weighted by molar-refractivity contribution is 7.71. The molecule has 0 radical (unpaired) electrons. The molecule has 11 heavy (non-hydrogen) atoms. The van der Waals surface area contributed by atoms with E-state index in [0.717, 1.165) is 5.82 Å². The number of rotatable bonds is 2. The zero-order chi connectivity index (χ0) is 8.27. The Morgan fingerprint density at radius 1 is 1.73 bits per heavy atom. The Balaban J connectivity index is 2.78. The van der Waals surface area contributed by atoms with Crippen LogP contribution in [0.25, 0.3) is 0 Å². The Bertz CT molecular complexity index is 318. The van der Waals surface area contributed by atoms with E-state index >= 15 is 0 Å². The van der Waals surface area contributed by atoms with Gasteiger partial charge >= 0.3 is 0 Å². The first-order chi connectivity index (χ1) is 5.24. The number of hydrogen-bond donors (Lipinski definition) is 2. The molecule has 0 saturated carbocycles. The van der Waals surface area contributed by atoms with Gasteiger partial charge in [0.2, 0.25) is 4.77 Å². The Labute approximate surface area is 69.3 Å². The van der Waals surface area contributed by atoms with Gasteiger partial charge in [-0.15, -0.1) is 0 Å². The lowest BCUT2D eigenvalue weighted by molar-refractivity contribution is 0.725. The van der Waals surface area contributed by atoms with Crippen LogP contribution in [-0.4, -0.2) is 15.2 Å². The van der Waals surface area contributed by atoms with Gasteiger partial charge in [0.15, 0.2) is 0 Å². The highest BCUT2D eigenvalue weighted by atomic mass is 32.1. The first-order valence-electron chi connectivity index (χ1n) is 3.25. The second-order valence-corrected chi connectivity index (χ2v) is 2.70. The van der Waals surface area contributed by atoms with Crippen LogP contribution < -0.4 is 0 Å². The second-order valence-electron chi connectivity index (χ2n) is 2.32. The van der Waals surface area contributed by atoms with E-state index in [0.29, 0.717) is 11.2 Å². The fourth-order valence-corrected chi connectivity index (χ4v) is 0.899. The van der Waals surface area contributed by atoms with Gasteiger partial charge < -0.3 is 0 Å². The van der Waals surface area contributed by atoms with Gasteiger partial charge in [-0.2, -0.15) is 5.26 Å². The van der Waals surface area contributed by atoms with Crippen molar-refractivity contribution in [3.05, 3.63) is 10.6 Å². The van der Waals surface area contributed by atoms with Gasteiger partial charge in [0, 0.05) is 12.3 Å². The summed E-state index contributed by atoms with van der Waals surface area (Å²) in [6.45, 7) is 1.92. The third-order valence-electron chi connectivity index (χ3n) is 1.38. The number of aromatic nitrogens is 3. The predicted octanol–water partition coefficient (Wildman–Crippen LogP) is 1.48. The summed E-state index contributed by atoms with van der Waals surface area (Å²) in [5.41, 5.74) is 0. The van der Waals surface area contributed by atoms with Crippen LogP contribution in [0.3, 0.4) is 0 Å². The first kappa shape index (κ1) is 7.95. The van der Waals surface area contributed by atoms with Crippen LogP contribution in [0.4, 0.5) is 0 Å². The summed E-state index contributed by atoms with van der Waals surface area (Å²) in [7, 11) is 0. The van der Waals surface area contributed by atoms with E-state index in [4.69, 9.17) is 17.5 Å². The van der Waals surface area contributed by atoms with Gasteiger partial charge in [-0.25, -0.2) is 4.98 Å². The van der Waals surface area contributed by atoms with Crippen LogP contribution in [0.15, 0.2) is 0 Å². The molecule has 0 aromatic carbocycles. The number of nitriles is 1. The van der Waals surface area contributed by atoms with Crippen molar-refractivity contribution in [3.8, 4) is 6.07 Å². The van der Waals surface area contributed by atoms with Crippen LogP contribution in [0, 0.1) is 16.1 Å². The number of hydrogen-bond acceptors (Lipinski definition) is 3. The maximum absolute atomic E-state index is 8.38. The molecule has 0 fully saturated rings. The molecule has 0 aliphatic carbocycles. The molecule has 1 atom stereocenters. The molecule has 0 spiro atoms. The number of nitrogens with one attached hydrogen (secondary N) is 2. The van der Waals surface area contributed by atoms with Gasteiger partial charge in [-0.1, -0.05) is 6.92 Å². The minimum atomic E-state index is 0.118. The van der Waals surface area contributed by atoms with Crippen molar-refractivity contribution >= 4 is 12.2 Å². The molecular weight excluding hydrogens is 160 g/mol. The highest BCUT2D eigenvalue weighted by Crippen LogP contribution is 2.11. The van der Waals surface area contributed by atoms with Gasteiger partial charge in [-0.05, 0) is 12.2 Å². The van der Waals surface area contributed by atoms with E-state index < -0.39 is 0 Å². The smallest absolute Gasteiger partial charge is 0.213 e. The molecule has 1 rings (SSSR count). The zero-order valence-electron chi connectivity index (χ0n) is 6.09. The SMILES string of the molecule is C[C@@H](CC#N)c1nc(=S)[nH][nH]1. The standard InChI is InChI=1S/C6H8N4S/c1-4(2-3-7)5-8-6(11)10-9-5/h4H,2H2,1H3,(H2,8,9,10,11)/t4-/m0/s1. The van der Waals surface area contributed by atoms with E-state index in [-0.39, 0.29) is 5.92 Å². The monoisotopic (exact) mass is 168 g/mol. The molecule has 5 heteroatoms. The minimum absolute atomic E-state index is 0.118. The lowest BCUT2D eigenvalue weighted by atomic mass is 10.1. The van der Waals surface area contributed by atoms with Crippen LogP contribution in [0.1, 0.15) is 25.1 Å². The average molecular weight is 168 g/mol. The largest absolute Gasteiger partial charge is 0.285 e. The van der Waals surface area contributed by atoms with Crippen LogP contribution in [-0.2, 0) is 0 Å². The molecule has 58 valence electrons. The summed E-state index contributed by atoms with van der Waals surface area (Å²) in [4.78, 5) is 3.98. The summed E-state index contributed by atoms with van der Waals surface area (Å²) in [6.07, 6.45) is 0.454. The molecule has 4 nitrogen and oxygen atoms in total. The summed E-state index contributed by atoms with van der Waals surface area (Å²) in [6, 6.07) is 2.07. The van der Waals surface area contributed by atoms with E-state index in [1.807, 2.05) is 6.92 Å². The topological polar surface area (TPSA) is 68.3 Å². The third-order valence-corrected chi connectivity index (χ3v) is 1.58. The summed E-state index contributed by atoms with van der Waals surface area (Å²) < 4.78 is 0.435. The van der Waals surface area contributed by atoms with E-state index in [9.17, 15) is 0 Å². The van der Waals surface area contributed by atoms with Gasteiger partial charge in [0.1, 0.15) is 5.82 Å². The Hall–Kier alpha value is -1.15. The molecule has 0 unspecified atom stereocenters. The van der Waals surface area contributed by atoms with Crippen molar-refractivity contribution in [1.29, 1.82) is 5.26 Å². The van der Waals surface area contributed by atoms with Crippen LogP contribution in [0.2, 0.25) is 0 Å². The lowest BCUT2D eigenvalue weighted by Crippen LogP contribution is -1.94. The Morgan fingerprint density at radius 2 is 2.45 bits per heavy atom. The maximum Gasteiger partial charge on any atom is 0.213 e. The predicted molar refractivity (Wildman–Crippen MR) is 42.4 cm³/mol. The average Bonchev–Trinajstić information content (AvgIpc) is 2.36. The maximum atomic E-state index is 8.38. The number of aromatic amines is 2. The molecule has 1 aromatic heterocycles. The van der Waals surface area contributed by atoms with Crippen molar-refractivity contribution in [1.82, 2.24) is 15.2 Å². The van der Waals surface area contributed by atoms with Crippen molar-refractivity contribution in [3.63, 3.8) is 0 Å². The molecule has 0 aliphatic heterocycles. The molecule has 0 aliphatic rings. The first-order valence-corrected chi connectivity index (χ1v) is 3.66. The van der Waals surface area contributed by atoms with Crippen LogP contribution >= 0.6 is 12.2 Å². The van der Waals surface area contributed by atoms with E-state index in [1.165, 1.54) is 0 Å². The second kappa shape index (κ2) is 3.30. The molecule has 0 amide bonds. The Morgan fingerprint density at radius 3 is 2.91 bits per heavy atom. The summed E-state index contributed by atoms with van der Waals surface area (Å²) in [5, 5.41) is 13.9. The fraction of sp³-hybridized carbons (Fsp3) is 0.500. The molecule has 0 bridgehead atoms. The molecule has 1 heterocycles. The molecule has 2 N–H and O–H groups in total. The fourth-order valence-electron chi connectivity index (χ4n) is 0.750. The van der Waals surface area contributed by atoms with Gasteiger partial charge in [0.25, 0.3) is 0 Å². The summed E-state index contributed by atoms with van der Waals surface area (Å²) in [5.74, 6) is 0.865. The van der Waals surface area contributed by atoms with E-state index in [1.54, 1.807) is 0 Å². The van der Waals surface area contributed by atoms with Crippen LogP contribution in [0.5, 0.6) is 0 Å². The Kier molecular flexibility index (Phi) is 2.39. The molecule has 1 aromatic rings. The normalized spacial score (nSPS) is 12.4. The van der Waals surface area contributed by atoms with Crippen molar-refractivity contribution in [2.24, 2.45) is 0 Å². The van der Waals surface area contributed by atoms with Crippen molar-refractivity contribution < 1.29 is 0 Å². The quantitative estimate of drug-likeness (QED) is 0.657. The number of nitrogens with zero attached hydrogens (tertiary/aromatic N) is 2. The van der Waals surface area contributed by atoms with Crippen molar-refractivity contribution in [2.45, 2.75) is 19.3 Å².